The molecule has 1 aromatic heterocycles. The van der Waals surface area contributed by atoms with E-state index in [1.807, 2.05) is 56.3 Å². The Morgan fingerprint density at radius 2 is 1.41 bits per heavy atom. The van der Waals surface area contributed by atoms with Crippen LogP contribution < -0.4 is 5.46 Å². The standard InChI is InChI=1S/C28H33BF3NO3S/c1-18-14-19(2)25(20(3)15-18)37-33(17-23-12-13-24(34-23)28(30,31)32)16-21-8-10-22(11-9-21)29-35-26(4,5)27(6,7)36-29/h8-15H,16-17H2,1-7H3. The van der Waals surface area contributed by atoms with Crippen LogP contribution in [0.5, 0.6) is 0 Å². The van der Waals surface area contributed by atoms with Crippen molar-refractivity contribution in [1.82, 2.24) is 4.31 Å². The van der Waals surface area contributed by atoms with Crippen LogP contribution in [-0.4, -0.2) is 22.6 Å². The third-order valence-corrected chi connectivity index (χ3v) is 8.31. The molecule has 0 N–H and O–H groups in total. The molecule has 2 heterocycles. The summed E-state index contributed by atoms with van der Waals surface area (Å²) in [6.07, 6.45) is -4.51. The van der Waals surface area contributed by atoms with Gasteiger partial charge in [-0.15, -0.1) is 0 Å². The van der Waals surface area contributed by atoms with Crippen LogP contribution in [0.25, 0.3) is 0 Å². The summed E-state index contributed by atoms with van der Waals surface area (Å²) in [7, 11) is -0.453. The minimum absolute atomic E-state index is 0.215. The topological polar surface area (TPSA) is 34.8 Å². The van der Waals surface area contributed by atoms with Crippen LogP contribution in [0.2, 0.25) is 0 Å². The molecule has 0 spiro atoms. The number of alkyl halides is 3. The van der Waals surface area contributed by atoms with Crippen molar-refractivity contribution in [3.05, 3.63) is 82.3 Å². The molecule has 9 heteroatoms. The summed E-state index contributed by atoms with van der Waals surface area (Å²) in [6, 6.07) is 14.6. The molecule has 0 aliphatic carbocycles. The van der Waals surface area contributed by atoms with Crippen LogP contribution in [0.15, 0.2) is 57.8 Å². The number of nitrogens with zero attached hydrogens (tertiary/aromatic N) is 1. The molecule has 1 aliphatic heterocycles. The maximum Gasteiger partial charge on any atom is 0.494 e. The molecule has 0 atom stereocenters. The summed E-state index contributed by atoms with van der Waals surface area (Å²) in [4.78, 5) is 1.09. The zero-order valence-electron chi connectivity index (χ0n) is 22.3. The molecule has 3 aromatic rings. The molecule has 1 aliphatic rings. The fourth-order valence-corrected chi connectivity index (χ4v) is 5.38. The molecule has 0 radical (unpaired) electrons. The first kappa shape index (κ1) is 27.8. The minimum atomic E-state index is -4.51. The summed E-state index contributed by atoms with van der Waals surface area (Å²) in [5, 5.41) is 0. The van der Waals surface area contributed by atoms with Gasteiger partial charge in [0.15, 0.2) is 0 Å². The van der Waals surface area contributed by atoms with Crippen molar-refractivity contribution in [2.75, 3.05) is 0 Å². The fraction of sp³-hybridized carbons (Fsp3) is 0.429. The number of rotatable bonds is 7. The molecule has 4 nitrogen and oxygen atoms in total. The first-order chi connectivity index (χ1) is 17.1. The highest BCUT2D eigenvalue weighted by atomic mass is 32.2. The SMILES string of the molecule is Cc1cc(C)c(SN(Cc2ccc(B3OC(C)(C)C(C)(C)O3)cc2)Cc2ccc(C(F)(F)F)o2)c(C)c1. The maximum absolute atomic E-state index is 13.1. The second-order valence-corrected chi connectivity index (χ2v) is 11.8. The number of hydrogen-bond donors (Lipinski definition) is 0. The Bertz CT molecular complexity index is 1220. The van der Waals surface area contributed by atoms with Crippen molar-refractivity contribution in [2.24, 2.45) is 0 Å². The van der Waals surface area contributed by atoms with Gasteiger partial charge in [0, 0.05) is 11.4 Å². The second kappa shape index (κ2) is 10.2. The Morgan fingerprint density at radius 1 is 0.838 bits per heavy atom. The normalized spacial score (nSPS) is 17.1. The summed E-state index contributed by atoms with van der Waals surface area (Å²) < 4.78 is 58.8. The van der Waals surface area contributed by atoms with Gasteiger partial charge >= 0.3 is 13.3 Å². The van der Waals surface area contributed by atoms with E-state index in [-0.39, 0.29) is 12.3 Å². The van der Waals surface area contributed by atoms with Gasteiger partial charge in [-0.1, -0.05) is 42.0 Å². The Morgan fingerprint density at radius 3 is 1.92 bits per heavy atom. The Labute approximate surface area is 221 Å². The zero-order chi connectivity index (χ0) is 27.2. The van der Waals surface area contributed by atoms with Gasteiger partial charge < -0.3 is 13.7 Å². The maximum atomic E-state index is 13.1. The predicted octanol–water partition coefficient (Wildman–Crippen LogP) is 7.23. The van der Waals surface area contributed by atoms with Crippen molar-refractivity contribution >= 4 is 24.5 Å². The summed E-state index contributed by atoms with van der Waals surface area (Å²) in [6.45, 7) is 14.9. The molecule has 0 amide bonds. The Balaban J connectivity index is 1.56. The van der Waals surface area contributed by atoms with Crippen LogP contribution in [0.1, 0.15) is 61.5 Å². The molecule has 1 saturated heterocycles. The summed E-state index contributed by atoms with van der Waals surface area (Å²) in [5.41, 5.74) is 4.51. The number of furan rings is 1. The van der Waals surface area contributed by atoms with Gasteiger partial charge in [0.25, 0.3) is 0 Å². The lowest BCUT2D eigenvalue weighted by atomic mass is 9.79. The van der Waals surface area contributed by atoms with E-state index < -0.39 is 30.3 Å². The van der Waals surface area contributed by atoms with Gasteiger partial charge in [-0.25, -0.2) is 4.31 Å². The molecule has 1 fully saturated rings. The Kier molecular flexibility index (Phi) is 7.65. The number of hydrogen-bond acceptors (Lipinski definition) is 5. The van der Waals surface area contributed by atoms with Crippen LogP contribution in [-0.2, 0) is 28.6 Å². The van der Waals surface area contributed by atoms with E-state index in [1.54, 1.807) is 0 Å². The highest BCUT2D eigenvalue weighted by Crippen LogP contribution is 2.37. The first-order valence-electron chi connectivity index (χ1n) is 12.3. The van der Waals surface area contributed by atoms with E-state index in [2.05, 4.69) is 32.9 Å². The molecular formula is C28H33BF3NO3S. The van der Waals surface area contributed by atoms with E-state index in [1.165, 1.54) is 23.6 Å². The lowest BCUT2D eigenvalue weighted by Gasteiger charge is -2.32. The monoisotopic (exact) mass is 531 g/mol. The molecular weight excluding hydrogens is 498 g/mol. The number of aryl methyl sites for hydroxylation is 3. The third-order valence-electron chi connectivity index (χ3n) is 6.96. The molecule has 4 rings (SSSR count). The van der Waals surface area contributed by atoms with Crippen molar-refractivity contribution in [3.63, 3.8) is 0 Å². The average Bonchev–Trinajstić information content (AvgIpc) is 3.32. The lowest BCUT2D eigenvalue weighted by Crippen LogP contribution is -2.41. The van der Waals surface area contributed by atoms with Crippen LogP contribution in [0.3, 0.4) is 0 Å². The zero-order valence-corrected chi connectivity index (χ0v) is 23.1. The van der Waals surface area contributed by atoms with Crippen molar-refractivity contribution in [1.29, 1.82) is 0 Å². The van der Waals surface area contributed by atoms with E-state index >= 15 is 0 Å². The molecule has 198 valence electrons. The third kappa shape index (κ3) is 6.28. The largest absolute Gasteiger partial charge is 0.494 e. The fourth-order valence-electron chi connectivity index (χ4n) is 4.31. The Hall–Kier alpha value is -2.20. The smallest absolute Gasteiger partial charge is 0.455 e. The van der Waals surface area contributed by atoms with Gasteiger partial charge in [-0.2, -0.15) is 13.2 Å². The molecule has 0 bridgehead atoms. The predicted molar refractivity (Wildman–Crippen MR) is 142 cm³/mol. The lowest BCUT2D eigenvalue weighted by molar-refractivity contribution is -0.153. The van der Waals surface area contributed by atoms with Gasteiger partial charge in [0.05, 0.1) is 17.7 Å². The van der Waals surface area contributed by atoms with Crippen LogP contribution in [0.4, 0.5) is 13.2 Å². The quantitative estimate of drug-likeness (QED) is 0.237. The first-order valence-corrected chi connectivity index (χ1v) is 13.0. The average molecular weight is 531 g/mol. The van der Waals surface area contributed by atoms with Crippen molar-refractivity contribution in [2.45, 2.75) is 83.8 Å². The van der Waals surface area contributed by atoms with Crippen molar-refractivity contribution in [3.8, 4) is 0 Å². The highest BCUT2D eigenvalue weighted by Gasteiger charge is 2.51. The van der Waals surface area contributed by atoms with Gasteiger partial charge in [-0.05, 0) is 94.7 Å². The highest BCUT2D eigenvalue weighted by molar-refractivity contribution is 7.97. The van der Waals surface area contributed by atoms with Gasteiger partial charge in [0.1, 0.15) is 5.76 Å². The number of halogens is 3. The summed E-state index contributed by atoms with van der Waals surface area (Å²) in [5.74, 6) is -0.724. The van der Waals surface area contributed by atoms with E-state index in [0.29, 0.717) is 6.54 Å². The van der Waals surface area contributed by atoms with Crippen LogP contribution >= 0.6 is 11.9 Å². The van der Waals surface area contributed by atoms with E-state index in [9.17, 15) is 13.2 Å². The molecule has 37 heavy (non-hydrogen) atoms. The number of benzene rings is 2. The molecule has 2 aromatic carbocycles. The minimum Gasteiger partial charge on any atom is -0.455 e. The van der Waals surface area contributed by atoms with Crippen LogP contribution in [0, 0.1) is 20.8 Å². The van der Waals surface area contributed by atoms with Gasteiger partial charge in [0.2, 0.25) is 5.76 Å². The molecule has 0 unspecified atom stereocenters. The van der Waals surface area contributed by atoms with Gasteiger partial charge in [-0.3, -0.25) is 0 Å². The van der Waals surface area contributed by atoms with E-state index in [0.717, 1.165) is 33.1 Å². The van der Waals surface area contributed by atoms with Crippen molar-refractivity contribution < 1.29 is 26.9 Å². The summed E-state index contributed by atoms with van der Waals surface area (Å²) >= 11 is 1.53. The second-order valence-electron chi connectivity index (χ2n) is 10.7. The molecule has 0 saturated carbocycles. The van der Waals surface area contributed by atoms with E-state index in [4.69, 9.17) is 13.7 Å².